The molecule has 292 valence electrons. The van der Waals surface area contributed by atoms with Crippen molar-refractivity contribution in [3.05, 3.63) is 81.2 Å². The molecular weight excluding hydrogens is 747 g/mol. The molecule has 0 fully saturated rings. The van der Waals surface area contributed by atoms with Crippen LogP contribution in [0.1, 0.15) is 85.4 Å². The number of aryl methyl sites for hydroxylation is 4. The largest absolute Gasteiger partial charge is 0.491 e. The third kappa shape index (κ3) is 8.25. The molecule has 6 aromatic rings. The molecule has 0 aliphatic heterocycles. The second-order valence-electron chi connectivity index (χ2n) is 12.3. The zero-order chi connectivity index (χ0) is 40.1. The number of allylic oxidation sites excluding steroid dienone is 2. The van der Waals surface area contributed by atoms with E-state index in [0.29, 0.717) is 76.3 Å². The molecule has 20 heteroatoms. The summed E-state index contributed by atoms with van der Waals surface area (Å²) in [6, 6.07) is 3.04. The Kier molecular flexibility index (Phi) is 11.8. The van der Waals surface area contributed by atoms with Gasteiger partial charge in [-0.15, -0.1) is 0 Å². The van der Waals surface area contributed by atoms with E-state index >= 15 is 0 Å². The average molecular weight is 786 g/mol. The molecule has 0 aliphatic carbocycles. The number of hydrogen-bond acceptors (Lipinski definition) is 14. The van der Waals surface area contributed by atoms with Gasteiger partial charge in [0.25, 0.3) is 11.8 Å². The molecule has 19 nitrogen and oxygen atoms in total. The van der Waals surface area contributed by atoms with Crippen LogP contribution in [0.5, 0.6) is 5.75 Å². The molecule has 0 aliphatic rings. The van der Waals surface area contributed by atoms with E-state index in [9.17, 15) is 19.2 Å². The van der Waals surface area contributed by atoms with Crippen LogP contribution in [-0.2, 0) is 30.7 Å². The minimum absolute atomic E-state index is 0.0242. The lowest BCUT2D eigenvalue weighted by atomic mass is 10.1. The highest BCUT2D eigenvalue weighted by atomic mass is 32.1. The van der Waals surface area contributed by atoms with E-state index in [2.05, 4.69) is 35.2 Å². The van der Waals surface area contributed by atoms with Gasteiger partial charge >= 0.3 is 5.91 Å². The van der Waals surface area contributed by atoms with E-state index in [0.717, 1.165) is 11.3 Å². The van der Waals surface area contributed by atoms with Gasteiger partial charge in [0.1, 0.15) is 17.0 Å². The first-order valence-electron chi connectivity index (χ1n) is 17.5. The molecule has 5 N–H and O–H groups in total. The molecule has 5 aromatic heterocycles. The molecule has 0 spiro atoms. The van der Waals surface area contributed by atoms with Crippen molar-refractivity contribution in [1.82, 2.24) is 34.1 Å². The maximum atomic E-state index is 13.6. The van der Waals surface area contributed by atoms with E-state index < -0.39 is 23.6 Å². The van der Waals surface area contributed by atoms with Crippen molar-refractivity contribution in [3.8, 4) is 5.75 Å². The molecule has 1 aromatic carbocycles. The second kappa shape index (κ2) is 16.9. The first-order chi connectivity index (χ1) is 26.9. The van der Waals surface area contributed by atoms with Gasteiger partial charge in [-0.1, -0.05) is 37.3 Å². The van der Waals surface area contributed by atoms with Crippen molar-refractivity contribution < 1.29 is 37.5 Å². The maximum absolute atomic E-state index is 13.6. The Morgan fingerprint density at radius 2 is 1.59 bits per heavy atom. The number of aromatic nitrogens is 7. The molecule has 0 atom stereocenters. The number of carbonyl (C=O) groups is 4. The maximum Gasteiger partial charge on any atom is 0.317 e. The van der Waals surface area contributed by atoms with Crippen LogP contribution in [0.2, 0.25) is 0 Å². The van der Waals surface area contributed by atoms with E-state index in [-0.39, 0.29) is 53.2 Å². The van der Waals surface area contributed by atoms with Crippen molar-refractivity contribution in [2.45, 2.75) is 60.0 Å². The Balaban J connectivity index is 1.40. The number of nitrogens with zero attached hydrogens (tertiary/aromatic N) is 8. The lowest BCUT2D eigenvalue weighted by molar-refractivity contribution is 0.0965. The van der Waals surface area contributed by atoms with Gasteiger partial charge in [-0.05, 0) is 25.0 Å². The van der Waals surface area contributed by atoms with Crippen LogP contribution in [-0.4, -0.2) is 78.0 Å². The van der Waals surface area contributed by atoms with Gasteiger partial charge < -0.3 is 34.3 Å². The minimum Gasteiger partial charge on any atom is -0.491 e. The zero-order valence-electron chi connectivity index (χ0n) is 31.2. The first kappa shape index (κ1) is 39.2. The fourth-order valence-electron chi connectivity index (χ4n) is 5.78. The summed E-state index contributed by atoms with van der Waals surface area (Å²) in [6.45, 7) is 7.98. The molecule has 4 amide bonds. The number of carbonyl (C=O) groups excluding carboxylic acids is 4. The summed E-state index contributed by atoms with van der Waals surface area (Å²) in [7, 11) is 1.58. The summed E-state index contributed by atoms with van der Waals surface area (Å²) in [5, 5.41) is 2.83. The molecule has 0 radical (unpaired) electrons. The summed E-state index contributed by atoms with van der Waals surface area (Å²) in [5.41, 5.74) is 13.4. The third-order valence-corrected chi connectivity index (χ3v) is 9.30. The third-order valence-electron chi connectivity index (χ3n) is 8.34. The number of imidazole rings is 1. The normalized spacial score (nSPS) is 12.0. The number of rotatable bonds is 16. The van der Waals surface area contributed by atoms with Crippen LogP contribution < -0.4 is 26.3 Å². The molecule has 0 bridgehead atoms. The lowest BCUT2D eigenvalue weighted by Crippen LogP contribution is -2.18. The second-order valence-corrected chi connectivity index (χ2v) is 13.2. The van der Waals surface area contributed by atoms with Crippen molar-refractivity contribution >= 4 is 62.4 Å². The number of amides is 4. The summed E-state index contributed by atoms with van der Waals surface area (Å²) < 4.78 is 25.8. The molecule has 5 heterocycles. The van der Waals surface area contributed by atoms with Crippen LogP contribution >= 0.6 is 11.3 Å². The monoisotopic (exact) mass is 785 g/mol. The number of methoxy groups -OCH3 is 1. The topological polar surface area (TPSA) is 264 Å². The lowest BCUT2D eigenvalue weighted by Gasteiger charge is -2.12. The van der Waals surface area contributed by atoms with Crippen molar-refractivity contribution in [2.24, 2.45) is 16.5 Å². The number of oxazole rings is 2. The summed E-state index contributed by atoms with van der Waals surface area (Å²) >= 11 is 1.04. The smallest absolute Gasteiger partial charge is 0.317 e. The van der Waals surface area contributed by atoms with Gasteiger partial charge in [0.05, 0.1) is 29.7 Å². The molecule has 0 saturated carbocycles. The predicted octanol–water partition coefficient (Wildman–Crippen LogP) is 3.42. The highest BCUT2D eigenvalue weighted by Gasteiger charge is 2.24. The van der Waals surface area contributed by atoms with Crippen LogP contribution in [0, 0.1) is 13.8 Å². The zero-order valence-corrected chi connectivity index (χ0v) is 32.1. The van der Waals surface area contributed by atoms with Crippen LogP contribution in [0.25, 0.3) is 21.5 Å². The summed E-state index contributed by atoms with van der Waals surface area (Å²) in [5.74, 6) is -1.48. The van der Waals surface area contributed by atoms with Crippen molar-refractivity contribution in [1.29, 1.82) is 0 Å². The number of primary amides is 2. The van der Waals surface area contributed by atoms with Crippen LogP contribution in [0.4, 0.5) is 5.95 Å². The molecular formula is C36H39N11O8S. The Hall–Kier alpha value is -6.54. The van der Waals surface area contributed by atoms with E-state index in [1.165, 1.54) is 18.3 Å². The Labute approximate surface area is 322 Å². The Morgan fingerprint density at radius 1 is 0.911 bits per heavy atom. The van der Waals surface area contributed by atoms with Gasteiger partial charge in [-0.3, -0.25) is 29.1 Å². The number of ether oxygens (including phenoxy) is 2. The van der Waals surface area contributed by atoms with Crippen LogP contribution in [0.15, 0.2) is 44.3 Å². The number of thiazole rings is 1. The minimum atomic E-state index is -0.761. The Morgan fingerprint density at radius 3 is 2.25 bits per heavy atom. The molecule has 0 unspecified atom stereocenters. The average Bonchev–Trinajstić information content (AvgIpc) is 3.93. The number of nitrogens with one attached hydrogen (secondary N) is 1. The van der Waals surface area contributed by atoms with Gasteiger partial charge in [-0.2, -0.15) is 4.99 Å². The fourth-order valence-corrected chi connectivity index (χ4v) is 6.75. The predicted molar refractivity (Wildman–Crippen MR) is 202 cm³/mol. The molecule has 56 heavy (non-hydrogen) atoms. The number of hydrogen-bond donors (Lipinski definition) is 3. The summed E-state index contributed by atoms with van der Waals surface area (Å²) in [6.07, 6.45) is 6.31. The Bertz CT molecular complexity index is 2580. The van der Waals surface area contributed by atoms with Gasteiger partial charge in [-0.25, -0.2) is 24.9 Å². The van der Waals surface area contributed by atoms with E-state index in [1.54, 1.807) is 42.2 Å². The standard InChI is InChI=1S/C36H39N11O8S/c1-6-21-27(54-18(3)40-21)32(50)44-35-43-23-15-20(29(37)48)16-25(53-14-10-13-52-5)26(23)46(35)11-8-9-12-47-31-34(42-24(17-39-31)30(38)49)56-36(47)45-33(51)28-22(7-2)41-19(4)55-28/h8-9,15-17H,6-7,10-14H2,1-5H3,(H2,37,48)(H2,38,49)(H,43,44,50)/b9-8+,45-36?. The first-order valence-corrected chi connectivity index (χ1v) is 18.3. The van der Waals surface area contributed by atoms with Gasteiger partial charge in [0, 0.05) is 52.6 Å². The van der Waals surface area contributed by atoms with Crippen molar-refractivity contribution in [2.75, 3.05) is 25.6 Å². The SMILES string of the molecule is CCc1nc(C)oc1C(=O)N=c1sc2nc(C(N)=O)cnc2n1C/C=C/Cn1c(NC(=O)c2oc(C)nc2CC)nc2cc(C(N)=O)cc(OCCCOC)c21. The quantitative estimate of drug-likeness (QED) is 0.0939. The molecule has 6 rings (SSSR count). The van der Waals surface area contributed by atoms with Gasteiger partial charge in [0.2, 0.25) is 23.4 Å². The number of fused-ring (bicyclic) bond motifs is 2. The molecule has 0 saturated heterocycles. The number of benzene rings is 1. The highest BCUT2D eigenvalue weighted by Crippen LogP contribution is 2.32. The fraction of sp³-hybridized carbons (Fsp3) is 0.333. The van der Waals surface area contributed by atoms with Crippen molar-refractivity contribution in [3.63, 3.8) is 0 Å². The number of anilines is 1. The van der Waals surface area contributed by atoms with E-state index in [1.807, 2.05) is 13.8 Å². The highest BCUT2D eigenvalue weighted by molar-refractivity contribution is 7.15. The van der Waals surface area contributed by atoms with Crippen LogP contribution in [0.3, 0.4) is 0 Å². The van der Waals surface area contributed by atoms with Gasteiger partial charge in [0.15, 0.2) is 27.1 Å². The van der Waals surface area contributed by atoms with E-state index in [4.69, 9.17) is 29.8 Å². The summed E-state index contributed by atoms with van der Waals surface area (Å²) in [4.78, 5) is 78.0. The number of nitrogens with two attached hydrogens (primary N) is 2.